The molecule has 5 rings (SSSR count). The lowest BCUT2D eigenvalue weighted by atomic mass is 10.1. The van der Waals surface area contributed by atoms with E-state index in [1.165, 1.54) is 0 Å². The van der Waals surface area contributed by atoms with E-state index in [1.807, 2.05) is 23.1 Å². The number of thioether (sulfide) groups is 1. The molecule has 1 saturated heterocycles. The van der Waals surface area contributed by atoms with Gasteiger partial charge in [0.05, 0.1) is 0 Å². The number of piperazine rings is 1. The van der Waals surface area contributed by atoms with Crippen LogP contribution < -0.4 is 4.90 Å². The minimum atomic E-state index is -0.0615. The molecule has 0 unspecified atom stereocenters. The Labute approximate surface area is 160 Å². The Kier molecular flexibility index (Phi) is 4.05. The van der Waals surface area contributed by atoms with E-state index in [0.717, 1.165) is 21.8 Å². The molecule has 0 N–H and O–H groups in total. The minimum Gasteiger partial charge on any atom is -0.355 e. The van der Waals surface area contributed by atoms with E-state index in [0.29, 0.717) is 43.6 Å². The van der Waals surface area contributed by atoms with Crippen molar-refractivity contribution in [1.29, 1.82) is 0 Å². The van der Waals surface area contributed by atoms with Gasteiger partial charge in [0.1, 0.15) is 0 Å². The number of hydrogen-bond donors (Lipinski definition) is 0. The van der Waals surface area contributed by atoms with Crippen molar-refractivity contribution in [3.63, 3.8) is 0 Å². The van der Waals surface area contributed by atoms with Crippen molar-refractivity contribution in [2.45, 2.75) is 10.6 Å². The van der Waals surface area contributed by atoms with Crippen molar-refractivity contribution >= 4 is 23.6 Å². The number of carbonyl (C=O) groups is 1. The topological polar surface area (TPSA) is 75.4 Å². The van der Waals surface area contributed by atoms with Crippen molar-refractivity contribution in [2.75, 3.05) is 31.1 Å². The third kappa shape index (κ3) is 2.86. The molecule has 0 bridgehead atoms. The molecular weight excluding hydrogens is 362 g/mol. The molecule has 1 fully saturated rings. The van der Waals surface area contributed by atoms with Crippen LogP contribution in [0.4, 0.5) is 5.95 Å². The zero-order valence-corrected chi connectivity index (χ0v) is 15.4. The zero-order chi connectivity index (χ0) is 18.2. The summed E-state index contributed by atoms with van der Waals surface area (Å²) >= 11 is 1.72. The third-order valence-electron chi connectivity index (χ3n) is 4.90. The Bertz CT molecular complexity index is 983. The average Bonchev–Trinajstić information content (AvgIpc) is 3.19. The maximum absolute atomic E-state index is 13.0. The van der Waals surface area contributed by atoms with Gasteiger partial charge in [0, 0.05) is 60.3 Å². The van der Waals surface area contributed by atoms with Gasteiger partial charge in [-0.1, -0.05) is 17.3 Å². The number of carbonyl (C=O) groups excluding carboxylic acids is 1. The van der Waals surface area contributed by atoms with E-state index in [-0.39, 0.29) is 5.91 Å². The number of rotatable bonds is 2. The Morgan fingerprint density at radius 2 is 1.81 bits per heavy atom. The molecule has 3 aromatic rings. The second-order valence-corrected chi connectivity index (χ2v) is 7.47. The first-order valence-corrected chi connectivity index (χ1v) is 9.82. The number of fused-ring (bicyclic) bond motifs is 3. The summed E-state index contributed by atoms with van der Waals surface area (Å²) in [5.41, 5.74) is 2.36. The Morgan fingerprint density at radius 1 is 1.04 bits per heavy atom. The number of benzene rings is 1. The molecule has 1 amide bonds. The molecule has 2 aromatic heterocycles. The van der Waals surface area contributed by atoms with Gasteiger partial charge in [0.2, 0.25) is 5.95 Å². The summed E-state index contributed by atoms with van der Waals surface area (Å²) in [4.78, 5) is 26.7. The van der Waals surface area contributed by atoms with Gasteiger partial charge in [-0.15, -0.1) is 11.8 Å². The lowest BCUT2D eigenvalue weighted by molar-refractivity contribution is 0.0735. The predicted molar refractivity (Wildman–Crippen MR) is 102 cm³/mol. The minimum absolute atomic E-state index is 0.0615. The van der Waals surface area contributed by atoms with Crippen molar-refractivity contribution in [1.82, 2.24) is 20.0 Å². The van der Waals surface area contributed by atoms with Gasteiger partial charge in [-0.2, -0.15) is 0 Å². The van der Waals surface area contributed by atoms with Gasteiger partial charge in [0.25, 0.3) is 5.91 Å². The molecule has 4 heterocycles. The Hall–Kier alpha value is -2.87. The van der Waals surface area contributed by atoms with Crippen LogP contribution in [-0.4, -0.2) is 52.1 Å². The van der Waals surface area contributed by atoms with Crippen molar-refractivity contribution in [3.8, 4) is 11.3 Å². The van der Waals surface area contributed by atoms with Crippen LogP contribution >= 0.6 is 11.8 Å². The molecule has 1 aromatic carbocycles. The predicted octanol–water partition coefficient (Wildman–Crippen LogP) is 2.70. The maximum Gasteiger partial charge on any atom is 0.276 e. The summed E-state index contributed by atoms with van der Waals surface area (Å²) in [6.07, 6.45) is 3.47. The van der Waals surface area contributed by atoms with Gasteiger partial charge in [0.15, 0.2) is 11.5 Å². The van der Waals surface area contributed by atoms with Gasteiger partial charge in [-0.3, -0.25) is 4.79 Å². The Balaban J connectivity index is 1.34. The number of amides is 1. The van der Waals surface area contributed by atoms with E-state index < -0.39 is 0 Å². The first kappa shape index (κ1) is 16.3. The van der Waals surface area contributed by atoms with Crippen LogP contribution in [0, 0.1) is 0 Å². The second kappa shape index (κ2) is 6.70. The van der Waals surface area contributed by atoms with Crippen molar-refractivity contribution in [3.05, 3.63) is 54.0 Å². The van der Waals surface area contributed by atoms with E-state index in [2.05, 4.69) is 26.1 Å². The number of anilines is 1. The fourth-order valence-electron chi connectivity index (χ4n) is 3.47. The monoisotopic (exact) mass is 379 g/mol. The molecule has 8 heteroatoms. The number of hydrogen-bond acceptors (Lipinski definition) is 7. The van der Waals surface area contributed by atoms with Crippen molar-refractivity contribution < 1.29 is 9.32 Å². The highest BCUT2D eigenvalue weighted by atomic mass is 32.2. The fourth-order valence-corrected chi connectivity index (χ4v) is 4.53. The highest BCUT2D eigenvalue weighted by Crippen LogP contribution is 2.42. The molecule has 0 radical (unpaired) electrons. The largest absolute Gasteiger partial charge is 0.355 e. The zero-order valence-electron chi connectivity index (χ0n) is 14.5. The number of aromatic nitrogens is 3. The quantitative estimate of drug-likeness (QED) is 0.678. The summed E-state index contributed by atoms with van der Waals surface area (Å²) in [5, 5.41) is 4.13. The molecule has 0 atom stereocenters. The first-order chi connectivity index (χ1) is 13.3. The van der Waals surface area contributed by atoms with Gasteiger partial charge in [-0.05, 0) is 18.2 Å². The molecule has 0 aliphatic carbocycles. The van der Waals surface area contributed by atoms with Crippen LogP contribution in [-0.2, 0) is 5.75 Å². The van der Waals surface area contributed by atoms with Crippen molar-refractivity contribution in [2.24, 2.45) is 0 Å². The average molecular weight is 379 g/mol. The van der Waals surface area contributed by atoms with Gasteiger partial charge < -0.3 is 14.3 Å². The molecule has 2 aliphatic heterocycles. The second-order valence-electron chi connectivity index (χ2n) is 6.45. The molecule has 136 valence electrons. The summed E-state index contributed by atoms with van der Waals surface area (Å²) in [6.45, 7) is 2.63. The first-order valence-electron chi connectivity index (χ1n) is 8.83. The van der Waals surface area contributed by atoms with Gasteiger partial charge >= 0.3 is 0 Å². The van der Waals surface area contributed by atoms with Crippen LogP contribution in [0.25, 0.3) is 11.3 Å². The third-order valence-corrected chi connectivity index (χ3v) is 6.00. The SMILES string of the molecule is O=C(c1noc2c1CSc1ccccc1-2)N1CCN(c2ncccn2)CC1. The number of nitrogens with zero attached hydrogens (tertiary/aromatic N) is 5. The lowest BCUT2D eigenvalue weighted by Gasteiger charge is -2.34. The van der Waals surface area contributed by atoms with Crippen LogP contribution in [0.2, 0.25) is 0 Å². The van der Waals surface area contributed by atoms with Crippen LogP contribution in [0.1, 0.15) is 16.1 Å². The van der Waals surface area contributed by atoms with Gasteiger partial charge in [-0.25, -0.2) is 9.97 Å². The fraction of sp³-hybridized carbons (Fsp3) is 0.263. The Morgan fingerprint density at radius 3 is 2.63 bits per heavy atom. The molecule has 2 aliphatic rings. The van der Waals surface area contributed by atoms with Crippen LogP contribution in [0.5, 0.6) is 0 Å². The summed E-state index contributed by atoms with van der Waals surface area (Å²) in [5.74, 6) is 2.07. The smallest absolute Gasteiger partial charge is 0.276 e. The summed E-state index contributed by atoms with van der Waals surface area (Å²) < 4.78 is 5.57. The lowest BCUT2D eigenvalue weighted by Crippen LogP contribution is -2.49. The molecule has 0 spiro atoms. The maximum atomic E-state index is 13.0. The highest BCUT2D eigenvalue weighted by molar-refractivity contribution is 7.98. The highest BCUT2D eigenvalue weighted by Gasteiger charge is 2.31. The van der Waals surface area contributed by atoms with Crippen LogP contribution in [0.15, 0.2) is 52.1 Å². The molecule has 27 heavy (non-hydrogen) atoms. The molecular formula is C19H17N5O2S. The normalized spacial score (nSPS) is 16.0. The van der Waals surface area contributed by atoms with E-state index >= 15 is 0 Å². The molecule has 0 saturated carbocycles. The van der Waals surface area contributed by atoms with E-state index in [9.17, 15) is 4.79 Å². The summed E-state index contributed by atoms with van der Waals surface area (Å²) in [7, 11) is 0. The standard InChI is InChI=1S/C19H17N5O2S/c25-18(23-8-10-24(11-9-23)19-20-6-3-7-21-19)16-14-12-27-15-5-2-1-4-13(15)17(14)26-22-16/h1-7H,8-12H2. The van der Waals surface area contributed by atoms with E-state index in [4.69, 9.17) is 4.52 Å². The van der Waals surface area contributed by atoms with Crippen LogP contribution in [0.3, 0.4) is 0 Å². The molecule has 7 nitrogen and oxygen atoms in total. The summed E-state index contributed by atoms with van der Waals surface area (Å²) in [6, 6.07) is 9.86. The van der Waals surface area contributed by atoms with E-state index in [1.54, 1.807) is 30.2 Å².